The molecule has 0 radical (unpaired) electrons. The first-order chi connectivity index (χ1) is 17.4. The maximum Gasteiger partial charge on any atom is 0.311 e. The van der Waals surface area contributed by atoms with Gasteiger partial charge in [-0.25, -0.2) is 0 Å². The molecule has 0 fully saturated rings. The molecule has 0 aliphatic carbocycles. The van der Waals surface area contributed by atoms with Gasteiger partial charge in [0.05, 0.1) is 24.9 Å². The van der Waals surface area contributed by atoms with E-state index in [1.54, 1.807) is 14.0 Å². The molecule has 10 nitrogen and oxygen atoms in total. The highest BCUT2D eigenvalue weighted by Crippen LogP contribution is 2.33. The van der Waals surface area contributed by atoms with Crippen molar-refractivity contribution in [2.45, 2.75) is 12.1 Å². The van der Waals surface area contributed by atoms with Crippen LogP contribution in [0.5, 0.6) is 11.5 Å². The molecule has 36 heavy (non-hydrogen) atoms. The van der Waals surface area contributed by atoms with E-state index in [4.69, 9.17) is 9.47 Å². The average Bonchev–Trinajstić information content (AvgIpc) is 3.32. The number of nitro groups is 1. The number of rotatable bonds is 9. The molecule has 0 aliphatic heterocycles. The van der Waals surface area contributed by atoms with Crippen LogP contribution in [-0.4, -0.2) is 45.6 Å². The molecule has 0 saturated carbocycles. The first-order valence-corrected chi connectivity index (χ1v) is 11.8. The topological polar surface area (TPSA) is 121 Å². The van der Waals surface area contributed by atoms with E-state index in [9.17, 15) is 14.9 Å². The van der Waals surface area contributed by atoms with Crippen LogP contribution in [0.25, 0.3) is 17.1 Å². The molecule has 1 heterocycles. The van der Waals surface area contributed by atoms with Gasteiger partial charge in [-0.1, -0.05) is 30.0 Å². The van der Waals surface area contributed by atoms with Gasteiger partial charge >= 0.3 is 5.69 Å². The summed E-state index contributed by atoms with van der Waals surface area (Å²) in [5.74, 6) is 1.18. The molecule has 0 spiro atoms. The maximum absolute atomic E-state index is 12.8. The summed E-state index contributed by atoms with van der Waals surface area (Å²) in [4.78, 5) is 23.5. The smallest absolute Gasteiger partial charge is 0.311 e. The number of nitrogens with one attached hydrogen (secondary N) is 1. The molecular formula is C25H23N5O5S. The number of amides is 1. The number of benzene rings is 3. The van der Waals surface area contributed by atoms with Crippen molar-refractivity contribution in [2.24, 2.45) is 0 Å². The second kappa shape index (κ2) is 10.9. The lowest BCUT2D eigenvalue weighted by Gasteiger charge is -2.12. The largest absolute Gasteiger partial charge is 0.497 e. The highest BCUT2D eigenvalue weighted by Gasteiger charge is 2.20. The van der Waals surface area contributed by atoms with Gasteiger partial charge in [-0.2, -0.15) is 0 Å². The highest BCUT2D eigenvalue weighted by molar-refractivity contribution is 7.99. The van der Waals surface area contributed by atoms with Crippen molar-refractivity contribution in [3.8, 4) is 28.6 Å². The van der Waals surface area contributed by atoms with E-state index in [2.05, 4.69) is 15.5 Å². The number of methoxy groups -OCH3 is 2. The Balaban J connectivity index is 1.57. The molecule has 1 aromatic heterocycles. The minimum atomic E-state index is -0.524. The number of anilines is 1. The molecule has 0 saturated heterocycles. The van der Waals surface area contributed by atoms with Crippen LogP contribution in [0.4, 0.5) is 11.4 Å². The quantitative estimate of drug-likeness (QED) is 0.194. The number of aryl methyl sites for hydroxylation is 1. The third kappa shape index (κ3) is 5.31. The Labute approximate surface area is 211 Å². The summed E-state index contributed by atoms with van der Waals surface area (Å²) in [6.07, 6.45) is 0. The van der Waals surface area contributed by atoms with Crippen molar-refractivity contribution >= 4 is 29.0 Å². The summed E-state index contributed by atoms with van der Waals surface area (Å²) in [7, 11) is 2.95. The number of carbonyl (C=O) groups excluding carboxylic acids is 1. The predicted molar refractivity (Wildman–Crippen MR) is 137 cm³/mol. The Morgan fingerprint density at radius 3 is 2.42 bits per heavy atom. The summed E-state index contributed by atoms with van der Waals surface area (Å²) in [5, 5.41) is 23.3. The van der Waals surface area contributed by atoms with Crippen molar-refractivity contribution in [1.29, 1.82) is 0 Å². The lowest BCUT2D eigenvalue weighted by Crippen LogP contribution is -2.15. The number of thioether (sulfide) groups is 1. The number of ether oxygens (including phenoxy) is 2. The summed E-state index contributed by atoms with van der Waals surface area (Å²) in [6, 6.07) is 19.9. The van der Waals surface area contributed by atoms with Crippen molar-refractivity contribution in [3.05, 3.63) is 82.4 Å². The van der Waals surface area contributed by atoms with E-state index in [1.807, 2.05) is 59.2 Å². The Morgan fingerprint density at radius 1 is 1.06 bits per heavy atom. The number of aromatic nitrogens is 3. The van der Waals surface area contributed by atoms with Crippen molar-refractivity contribution in [2.75, 3.05) is 25.3 Å². The molecule has 0 unspecified atom stereocenters. The van der Waals surface area contributed by atoms with Gasteiger partial charge in [0.1, 0.15) is 5.75 Å². The van der Waals surface area contributed by atoms with E-state index in [-0.39, 0.29) is 23.1 Å². The lowest BCUT2D eigenvalue weighted by molar-refractivity contribution is -0.385. The Bertz CT molecular complexity index is 1390. The van der Waals surface area contributed by atoms with Crippen LogP contribution < -0.4 is 14.8 Å². The van der Waals surface area contributed by atoms with Gasteiger partial charge in [-0.05, 0) is 48.9 Å². The van der Waals surface area contributed by atoms with E-state index in [0.717, 1.165) is 17.0 Å². The Hall–Kier alpha value is -4.38. The first kappa shape index (κ1) is 24.7. The molecule has 0 aliphatic rings. The van der Waals surface area contributed by atoms with Crippen LogP contribution in [0.15, 0.2) is 71.9 Å². The van der Waals surface area contributed by atoms with E-state index >= 15 is 0 Å². The molecule has 4 aromatic rings. The standard InChI is InChI=1S/C25H23N5O5S/c1-16-13-21(30(32)33)22(35-3)14-20(16)26-23(31)15-36-25-28-27-24(17-9-11-19(34-2)12-10-17)29(25)18-7-5-4-6-8-18/h4-14H,15H2,1-3H3,(H,26,31). The Morgan fingerprint density at radius 2 is 1.78 bits per heavy atom. The van der Waals surface area contributed by atoms with Crippen molar-refractivity contribution < 1.29 is 19.2 Å². The van der Waals surface area contributed by atoms with Crippen LogP contribution in [0.2, 0.25) is 0 Å². The van der Waals surface area contributed by atoms with E-state index in [0.29, 0.717) is 22.2 Å². The van der Waals surface area contributed by atoms with Crippen LogP contribution in [0.1, 0.15) is 5.56 Å². The molecule has 0 bridgehead atoms. The number of hydrogen-bond acceptors (Lipinski definition) is 8. The van der Waals surface area contributed by atoms with Gasteiger partial charge < -0.3 is 14.8 Å². The van der Waals surface area contributed by atoms with Gasteiger partial charge in [-0.15, -0.1) is 10.2 Å². The van der Waals surface area contributed by atoms with Gasteiger partial charge in [0, 0.05) is 29.1 Å². The third-order valence-corrected chi connectivity index (χ3v) is 6.25. The summed E-state index contributed by atoms with van der Waals surface area (Å²) in [6.45, 7) is 1.68. The van der Waals surface area contributed by atoms with Crippen molar-refractivity contribution in [3.63, 3.8) is 0 Å². The first-order valence-electron chi connectivity index (χ1n) is 10.8. The zero-order valence-corrected chi connectivity index (χ0v) is 20.6. The molecular weight excluding hydrogens is 482 g/mol. The van der Waals surface area contributed by atoms with E-state index in [1.165, 1.54) is 31.0 Å². The number of carbonyl (C=O) groups is 1. The zero-order valence-electron chi connectivity index (χ0n) is 19.8. The number of nitro benzene ring substituents is 1. The van der Waals surface area contributed by atoms with Gasteiger partial charge in [0.15, 0.2) is 16.7 Å². The second-order valence-corrected chi connectivity index (χ2v) is 8.58. The van der Waals surface area contributed by atoms with E-state index < -0.39 is 4.92 Å². The summed E-state index contributed by atoms with van der Waals surface area (Å²) < 4.78 is 12.2. The number of para-hydroxylation sites is 1. The molecule has 184 valence electrons. The monoisotopic (exact) mass is 505 g/mol. The number of nitrogens with zero attached hydrogens (tertiary/aromatic N) is 4. The third-order valence-electron chi connectivity index (χ3n) is 5.32. The van der Waals surface area contributed by atoms with Crippen LogP contribution in [0, 0.1) is 17.0 Å². The highest BCUT2D eigenvalue weighted by atomic mass is 32.2. The fraction of sp³-hybridized carbons (Fsp3) is 0.160. The fourth-order valence-electron chi connectivity index (χ4n) is 3.53. The zero-order chi connectivity index (χ0) is 25.7. The molecule has 1 amide bonds. The van der Waals surface area contributed by atoms with Gasteiger partial charge in [0.2, 0.25) is 5.91 Å². The Kier molecular flexibility index (Phi) is 7.50. The minimum Gasteiger partial charge on any atom is -0.497 e. The fourth-order valence-corrected chi connectivity index (χ4v) is 4.28. The van der Waals surface area contributed by atoms with Crippen LogP contribution in [0.3, 0.4) is 0 Å². The minimum absolute atomic E-state index is 0.0479. The lowest BCUT2D eigenvalue weighted by atomic mass is 10.1. The average molecular weight is 506 g/mol. The van der Waals surface area contributed by atoms with Crippen LogP contribution in [-0.2, 0) is 4.79 Å². The number of hydrogen-bond donors (Lipinski definition) is 1. The molecule has 11 heteroatoms. The second-order valence-electron chi connectivity index (χ2n) is 7.64. The van der Waals surface area contributed by atoms with Crippen LogP contribution >= 0.6 is 11.8 Å². The SMILES string of the molecule is COc1ccc(-c2nnc(SCC(=O)Nc3cc(OC)c([N+](=O)[O-])cc3C)n2-c2ccccc2)cc1. The molecule has 1 N–H and O–H groups in total. The molecule has 4 rings (SSSR count). The van der Waals surface area contributed by atoms with Gasteiger partial charge in [-0.3, -0.25) is 19.5 Å². The maximum atomic E-state index is 12.8. The summed E-state index contributed by atoms with van der Waals surface area (Å²) in [5.41, 5.74) is 2.52. The molecule has 3 aromatic carbocycles. The summed E-state index contributed by atoms with van der Waals surface area (Å²) >= 11 is 1.23. The normalized spacial score (nSPS) is 10.6. The predicted octanol–water partition coefficient (Wildman–Crippen LogP) is 4.90. The van der Waals surface area contributed by atoms with Gasteiger partial charge in [0.25, 0.3) is 0 Å². The molecule has 0 atom stereocenters. The van der Waals surface area contributed by atoms with Crippen molar-refractivity contribution in [1.82, 2.24) is 14.8 Å².